The number of likely N-dealkylation sites (N-methyl/N-ethyl adjacent to an activating group) is 1. The van der Waals surface area contributed by atoms with Gasteiger partial charge in [-0.05, 0) is 29.3 Å². The Hall–Kier alpha value is -3.67. The van der Waals surface area contributed by atoms with Gasteiger partial charge in [0.1, 0.15) is 11.9 Å². The van der Waals surface area contributed by atoms with Crippen LogP contribution in [0.1, 0.15) is 15.9 Å². The number of rotatable bonds is 4. The molecule has 6 heteroatoms. The van der Waals surface area contributed by atoms with E-state index in [9.17, 15) is 4.79 Å². The fourth-order valence-corrected chi connectivity index (χ4v) is 3.83. The third-order valence-corrected chi connectivity index (χ3v) is 5.31. The Morgan fingerprint density at radius 2 is 2.00 bits per heavy atom. The topological polar surface area (TPSA) is 71.1 Å². The summed E-state index contributed by atoms with van der Waals surface area (Å²) >= 11 is 0. The van der Waals surface area contributed by atoms with Crippen LogP contribution < -0.4 is 4.74 Å². The van der Waals surface area contributed by atoms with E-state index in [0.29, 0.717) is 12.1 Å². The number of carbonyl (C=O) groups excluding carboxylic acids is 1. The van der Waals surface area contributed by atoms with Gasteiger partial charge in [0, 0.05) is 30.8 Å². The van der Waals surface area contributed by atoms with Crippen LogP contribution in [0.4, 0.5) is 0 Å². The van der Waals surface area contributed by atoms with Crippen LogP contribution in [0.15, 0.2) is 67.3 Å². The lowest BCUT2D eigenvalue weighted by atomic mass is 10.0. The van der Waals surface area contributed by atoms with E-state index in [1.807, 2.05) is 49.5 Å². The minimum absolute atomic E-state index is 0.0102. The van der Waals surface area contributed by atoms with E-state index in [2.05, 4.69) is 21.0 Å². The third-order valence-electron chi connectivity index (χ3n) is 5.31. The van der Waals surface area contributed by atoms with Gasteiger partial charge in [0.05, 0.1) is 30.1 Å². The van der Waals surface area contributed by atoms with Gasteiger partial charge in [-0.2, -0.15) is 0 Å². The number of fused-ring (bicyclic) bond motifs is 2. The summed E-state index contributed by atoms with van der Waals surface area (Å²) < 4.78 is 5.96. The number of para-hydroxylation sites is 1. The fourth-order valence-electron chi connectivity index (χ4n) is 3.83. The summed E-state index contributed by atoms with van der Waals surface area (Å²) in [6.07, 6.45) is 6.02. The molecule has 5 rings (SSSR count). The summed E-state index contributed by atoms with van der Waals surface area (Å²) in [7, 11) is 1.82. The quantitative estimate of drug-likeness (QED) is 0.582. The van der Waals surface area contributed by atoms with E-state index in [-0.39, 0.29) is 12.0 Å². The molecule has 2 aromatic carbocycles. The van der Waals surface area contributed by atoms with Crippen molar-refractivity contribution in [3.05, 3.63) is 78.4 Å². The molecule has 0 saturated carbocycles. The molecule has 1 unspecified atom stereocenters. The number of aromatic amines is 1. The van der Waals surface area contributed by atoms with Crippen molar-refractivity contribution in [2.75, 3.05) is 13.6 Å². The lowest BCUT2D eigenvalue weighted by molar-refractivity contribution is 0.0730. The molecule has 0 saturated heterocycles. The summed E-state index contributed by atoms with van der Waals surface area (Å²) in [4.78, 5) is 26.3. The minimum atomic E-state index is -0.0211. The zero-order valence-corrected chi connectivity index (χ0v) is 16.0. The molecule has 2 aromatic heterocycles. The molecule has 4 aromatic rings. The molecule has 6 nitrogen and oxygen atoms in total. The molecule has 0 fully saturated rings. The van der Waals surface area contributed by atoms with Crippen molar-refractivity contribution < 1.29 is 9.53 Å². The van der Waals surface area contributed by atoms with Crippen molar-refractivity contribution in [1.82, 2.24) is 19.9 Å². The fraction of sp³-hybridized carbons (Fsp3) is 0.174. The summed E-state index contributed by atoms with van der Waals surface area (Å²) in [5.74, 6) is 0.899. The normalized spacial score (nSPS) is 15.1. The first-order valence-electron chi connectivity index (χ1n) is 9.56. The van der Waals surface area contributed by atoms with Gasteiger partial charge in [-0.1, -0.05) is 30.3 Å². The number of aromatic nitrogens is 3. The van der Waals surface area contributed by atoms with Crippen LogP contribution >= 0.6 is 0 Å². The molecule has 0 aliphatic carbocycles. The molecule has 1 amide bonds. The third kappa shape index (κ3) is 3.23. The van der Waals surface area contributed by atoms with Crippen molar-refractivity contribution in [3.8, 4) is 16.9 Å². The highest BCUT2D eigenvalue weighted by atomic mass is 16.5. The van der Waals surface area contributed by atoms with Crippen molar-refractivity contribution in [3.63, 3.8) is 0 Å². The average Bonchev–Trinajstić information content (AvgIpc) is 3.39. The van der Waals surface area contributed by atoms with Gasteiger partial charge < -0.3 is 14.6 Å². The molecule has 1 atom stereocenters. The van der Waals surface area contributed by atoms with Gasteiger partial charge in [-0.25, -0.2) is 4.98 Å². The first-order chi connectivity index (χ1) is 14.2. The number of carbonyl (C=O) groups is 1. The number of amides is 1. The van der Waals surface area contributed by atoms with E-state index in [0.717, 1.165) is 34.3 Å². The van der Waals surface area contributed by atoms with Crippen LogP contribution in [-0.4, -0.2) is 45.5 Å². The second-order valence-electron chi connectivity index (χ2n) is 7.30. The Labute approximate surface area is 168 Å². The molecule has 0 spiro atoms. The van der Waals surface area contributed by atoms with Gasteiger partial charge in [-0.3, -0.25) is 9.78 Å². The molecular formula is C23H20N4O2. The lowest BCUT2D eigenvalue weighted by Gasteiger charge is -2.21. The molecule has 1 N–H and O–H groups in total. The van der Waals surface area contributed by atoms with E-state index >= 15 is 0 Å². The van der Waals surface area contributed by atoms with E-state index in [4.69, 9.17) is 4.74 Å². The zero-order valence-electron chi connectivity index (χ0n) is 16.0. The van der Waals surface area contributed by atoms with Crippen molar-refractivity contribution in [2.24, 2.45) is 0 Å². The van der Waals surface area contributed by atoms with Gasteiger partial charge in [0.25, 0.3) is 5.91 Å². The maximum atomic E-state index is 12.9. The summed E-state index contributed by atoms with van der Waals surface area (Å²) in [6, 6.07) is 15.6. The monoisotopic (exact) mass is 384 g/mol. The number of nitrogens with zero attached hydrogens (tertiary/aromatic N) is 3. The number of imidazole rings is 1. The number of hydrogen-bond acceptors (Lipinski definition) is 4. The Bertz CT molecular complexity index is 1160. The maximum absolute atomic E-state index is 12.9. The maximum Gasteiger partial charge on any atom is 0.253 e. The molecule has 0 radical (unpaired) electrons. The van der Waals surface area contributed by atoms with Gasteiger partial charge in [-0.15, -0.1) is 0 Å². The van der Waals surface area contributed by atoms with Gasteiger partial charge in [0.15, 0.2) is 0 Å². The largest absolute Gasteiger partial charge is 0.488 e. The van der Waals surface area contributed by atoms with Crippen molar-refractivity contribution in [2.45, 2.75) is 12.5 Å². The number of hydrogen-bond donors (Lipinski definition) is 1. The van der Waals surface area contributed by atoms with Gasteiger partial charge >= 0.3 is 0 Å². The number of benzene rings is 2. The summed E-state index contributed by atoms with van der Waals surface area (Å²) in [6.45, 7) is 0.547. The highest BCUT2D eigenvalue weighted by Gasteiger charge is 2.25. The Kier molecular flexibility index (Phi) is 4.24. The van der Waals surface area contributed by atoms with Crippen molar-refractivity contribution in [1.29, 1.82) is 0 Å². The van der Waals surface area contributed by atoms with Crippen LogP contribution in [0.2, 0.25) is 0 Å². The first kappa shape index (κ1) is 17.4. The van der Waals surface area contributed by atoms with Crippen LogP contribution in [0.25, 0.3) is 22.2 Å². The zero-order chi connectivity index (χ0) is 19.8. The van der Waals surface area contributed by atoms with Crippen LogP contribution in [0, 0.1) is 0 Å². The highest BCUT2D eigenvalue weighted by molar-refractivity contribution is 5.96. The Morgan fingerprint density at radius 1 is 1.17 bits per heavy atom. The SMILES string of the molecule is CN(CC1Cc2ccccc2O1)C(=O)c1ccc(-c2cncc3[nH]cnc23)cc1. The van der Waals surface area contributed by atoms with Crippen molar-refractivity contribution >= 4 is 16.9 Å². The van der Waals surface area contributed by atoms with Crippen LogP contribution in [-0.2, 0) is 6.42 Å². The number of nitrogens with one attached hydrogen (secondary N) is 1. The molecule has 0 bridgehead atoms. The second-order valence-corrected chi connectivity index (χ2v) is 7.30. The predicted molar refractivity (Wildman–Crippen MR) is 111 cm³/mol. The molecule has 1 aliphatic rings. The number of H-pyrrole nitrogens is 1. The highest BCUT2D eigenvalue weighted by Crippen LogP contribution is 2.29. The predicted octanol–water partition coefficient (Wildman–Crippen LogP) is 3.70. The molecule has 29 heavy (non-hydrogen) atoms. The van der Waals surface area contributed by atoms with Gasteiger partial charge in [0.2, 0.25) is 0 Å². The summed E-state index contributed by atoms with van der Waals surface area (Å²) in [5.41, 5.74) is 5.52. The Morgan fingerprint density at radius 3 is 2.83 bits per heavy atom. The lowest BCUT2D eigenvalue weighted by Crippen LogP contribution is -2.36. The standard InChI is InChI=1S/C23H20N4O2/c1-27(13-18-10-17-4-2-3-5-21(17)29-18)23(28)16-8-6-15(7-9-16)19-11-24-12-20-22(19)26-14-25-20/h2-9,11-12,14,18H,10,13H2,1H3,(H,25,26). The van der Waals surface area contributed by atoms with E-state index in [1.165, 1.54) is 5.56 Å². The number of pyridine rings is 1. The minimum Gasteiger partial charge on any atom is -0.488 e. The Balaban J connectivity index is 1.30. The van der Waals surface area contributed by atoms with Crippen LogP contribution in [0.5, 0.6) is 5.75 Å². The molecule has 1 aliphatic heterocycles. The number of ether oxygens (including phenoxy) is 1. The second kappa shape index (κ2) is 7.05. The summed E-state index contributed by atoms with van der Waals surface area (Å²) in [5, 5.41) is 0. The first-order valence-corrected chi connectivity index (χ1v) is 9.56. The average molecular weight is 384 g/mol. The molecule has 144 valence electrons. The molecule has 3 heterocycles. The van der Waals surface area contributed by atoms with E-state index < -0.39 is 0 Å². The molecular weight excluding hydrogens is 364 g/mol. The van der Waals surface area contributed by atoms with E-state index in [1.54, 1.807) is 23.6 Å². The smallest absolute Gasteiger partial charge is 0.253 e. The van der Waals surface area contributed by atoms with Crippen LogP contribution in [0.3, 0.4) is 0 Å².